The molecule has 8 heteroatoms. The first-order valence-corrected chi connectivity index (χ1v) is 10.3. The van der Waals surface area contributed by atoms with Gasteiger partial charge in [-0.05, 0) is 79.9 Å². The number of aromatic nitrogens is 3. The highest BCUT2D eigenvalue weighted by Crippen LogP contribution is 2.30. The molecule has 0 unspecified atom stereocenters. The molecule has 0 bridgehead atoms. The monoisotopic (exact) mass is 431 g/mol. The van der Waals surface area contributed by atoms with Crippen molar-refractivity contribution >= 4 is 23.2 Å². The molecule has 0 fully saturated rings. The molecule has 4 rings (SSSR count). The van der Waals surface area contributed by atoms with Gasteiger partial charge in [-0.25, -0.2) is 4.52 Å². The van der Waals surface area contributed by atoms with E-state index in [1.54, 1.807) is 29.8 Å². The maximum absolute atomic E-state index is 12.1. The molecule has 0 aliphatic carbocycles. The van der Waals surface area contributed by atoms with Crippen LogP contribution in [0.25, 0.3) is 16.8 Å². The third kappa shape index (κ3) is 4.07. The van der Waals surface area contributed by atoms with Gasteiger partial charge in [0.2, 0.25) is 5.95 Å². The van der Waals surface area contributed by atoms with Gasteiger partial charge >= 0.3 is 0 Å². The fourth-order valence-corrected chi connectivity index (χ4v) is 3.55. The molecule has 164 valence electrons. The fourth-order valence-electron chi connectivity index (χ4n) is 3.55. The number of amides is 1. The molecule has 0 aliphatic heterocycles. The maximum Gasteiger partial charge on any atom is 0.251 e. The van der Waals surface area contributed by atoms with Crippen molar-refractivity contribution in [1.29, 1.82) is 0 Å². The smallest absolute Gasteiger partial charge is 0.251 e. The summed E-state index contributed by atoms with van der Waals surface area (Å²) in [5.74, 6) is 1.08. The van der Waals surface area contributed by atoms with Gasteiger partial charge in [-0.2, -0.15) is 4.98 Å². The van der Waals surface area contributed by atoms with Crippen LogP contribution >= 0.6 is 0 Å². The number of aromatic hydroxyl groups is 1. The van der Waals surface area contributed by atoms with Gasteiger partial charge in [0.15, 0.2) is 5.65 Å². The molecule has 0 radical (unpaired) electrons. The fraction of sp³-hybridized carbons (Fsp3) is 0.208. The number of ether oxygens (including phenoxy) is 1. The highest BCUT2D eigenvalue weighted by Gasteiger charge is 2.13. The lowest BCUT2D eigenvalue weighted by Crippen LogP contribution is -2.22. The largest absolute Gasteiger partial charge is 0.507 e. The van der Waals surface area contributed by atoms with Crippen molar-refractivity contribution in [3.63, 3.8) is 0 Å². The van der Waals surface area contributed by atoms with E-state index in [0.717, 1.165) is 22.3 Å². The van der Waals surface area contributed by atoms with Crippen LogP contribution in [0.5, 0.6) is 11.5 Å². The summed E-state index contributed by atoms with van der Waals surface area (Å²) in [6, 6.07) is 12.9. The lowest BCUT2D eigenvalue weighted by atomic mass is 10.0. The molecule has 4 aromatic rings. The number of phenolic OH excluding ortho intramolecular Hbond substituents is 1. The van der Waals surface area contributed by atoms with Crippen molar-refractivity contribution in [3.05, 3.63) is 65.4 Å². The Morgan fingerprint density at radius 3 is 2.53 bits per heavy atom. The summed E-state index contributed by atoms with van der Waals surface area (Å²) in [7, 11) is 1.55. The predicted molar refractivity (Wildman–Crippen MR) is 124 cm³/mol. The molecule has 3 N–H and O–H groups in total. The zero-order valence-corrected chi connectivity index (χ0v) is 18.4. The molecule has 0 atom stereocenters. The minimum atomic E-state index is -0.157. The van der Waals surface area contributed by atoms with E-state index in [9.17, 15) is 9.90 Å². The first-order valence-electron chi connectivity index (χ1n) is 10.3. The van der Waals surface area contributed by atoms with Crippen molar-refractivity contribution < 1.29 is 14.6 Å². The number of nitrogens with one attached hydrogen (secondary N) is 2. The van der Waals surface area contributed by atoms with Crippen LogP contribution in [-0.4, -0.2) is 39.3 Å². The van der Waals surface area contributed by atoms with Gasteiger partial charge in [0, 0.05) is 23.9 Å². The Hall–Kier alpha value is -4.07. The number of methoxy groups -OCH3 is 1. The van der Waals surface area contributed by atoms with Crippen LogP contribution in [-0.2, 0) is 0 Å². The Labute approximate surface area is 185 Å². The number of benzene rings is 2. The van der Waals surface area contributed by atoms with Gasteiger partial charge < -0.3 is 20.5 Å². The number of hydrogen-bond donors (Lipinski definition) is 3. The number of hydrogen-bond acceptors (Lipinski definition) is 6. The average molecular weight is 431 g/mol. The van der Waals surface area contributed by atoms with E-state index < -0.39 is 0 Å². The molecule has 2 aromatic carbocycles. The normalized spacial score (nSPS) is 10.9. The van der Waals surface area contributed by atoms with Crippen LogP contribution in [0.4, 0.5) is 11.6 Å². The molecule has 0 saturated carbocycles. The summed E-state index contributed by atoms with van der Waals surface area (Å²) in [6.45, 7) is 6.19. The van der Waals surface area contributed by atoms with Gasteiger partial charge in [-0.1, -0.05) is 0 Å². The van der Waals surface area contributed by atoms with E-state index in [1.807, 2.05) is 51.2 Å². The van der Waals surface area contributed by atoms with Crippen LogP contribution in [0.3, 0.4) is 0 Å². The second-order valence-corrected chi connectivity index (χ2v) is 7.51. The number of aryl methyl sites for hydroxylation is 2. The summed E-state index contributed by atoms with van der Waals surface area (Å²) < 4.78 is 7.14. The highest BCUT2D eigenvalue weighted by molar-refractivity contribution is 5.95. The van der Waals surface area contributed by atoms with Crippen molar-refractivity contribution in [2.45, 2.75) is 20.8 Å². The Bertz CT molecular complexity index is 1290. The van der Waals surface area contributed by atoms with Crippen LogP contribution < -0.4 is 15.4 Å². The van der Waals surface area contributed by atoms with E-state index >= 15 is 0 Å². The van der Waals surface area contributed by atoms with E-state index in [1.165, 1.54) is 0 Å². The molecule has 2 heterocycles. The van der Waals surface area contributed by atoms with E-state index in [4.69, 9.17) is 4.74 Å². The quantitative estimate of drug-likeness (QED) is 0.423. The third-order valence-corrected chi connectivity index (χ3v) is 5.20. The minimum absolute atomic E-state index is 0.157. The number of phenols is 1. The first kappa shape index (κ1) is 21.2. The number of rotatable bonds is 6. The first-order chi connectivity index (χ1) is 15.4. The molecule has 2 aromatic heterocycles. The molecule has 0 aliphatic rings. The maximum atomic E-state index is 12.1. The Morgan fingerprint density at radius 2 is 1.84 bits per heavy atom. The topological polar surface area (TPSA) is 101 Å². The van der Waals surface area contributed by atoms with E-state index in [-0.39, 0.29) is 5.91 Å². The summed E-state index contributed by atoms with van der Waals surface area (Å²) in [5, 5.41) is 20.5. The van der Waals surface area contributed by atoms with E-state index in [0.29, 0.717) is 40.9 Å². The summed E-state index contributed by atoms with van der Waals surface area (Å²) in [6.07, 6.45) is 1.90. The van der Waals surface area contributed by atoms with Crippen LogP contribution in [0.2, 0.25) is 0 Å². The number of carbonyl (C=O) groups is 1. The van der Waals surface area contributed by atoms with Crippen molar-refractivity contribution in [1.82, 2.24) is 19.9 Å². The molecular formula is C24H25N5O3. The van der Waals surface area contributed by atoms with Gasteiger partial charge in [-0.3, -0.25) is 4.79 Å². The Morgan fingerprint density at radius 1 is 1.09 bits per heavy atom. The zero-order valence-electron chi connectivity index (χ0n) is 18.4. The molecular weight excluding hydrogens is 406 g/mol. The zero-order chi connectivity index (χ0) is 22.8. The van der Waals surface area contributed by atoms with Crippen molar-refractivity contribution in [3.8, 4) is 22.6 Å². The van der Waals surface area contributed by atoms with Crippen molar-refractivity contribution in [2.75, 3.05) is 19.0 Å². The standard InChI is InChI=1S/C24H25N5O3/c1-5-25-23(31)16-6-8-19(20(12-16)32-4)26-24-27-21-9-7-17(13-29(21)28-24)18-10-14(2)22(30)15(3)11-18/h6-13,30H,5H2,1-4H3,(H,25,31)(H,26,28). The molecule has 32 heavy (non-hydrogen) atoms. The summed E-state index contributed by atoms with van der Waals surface area (Å²) >= 11 is 0. The van der Waals surface area contributed by atoms with Crippen LogP contribution in [0.15, 0.2) is 48.7 Å². The van der Waals surface area contributed by atoms with E-state index in [2.05, 4.69) is 20.7 Å². The molecule has 0 spiro atoms. The highest BCUT2D eigenvalue weighted by atomic mass is 16.5. The predicted octanol–water partition coefficient (Wildman–Crippen LogP) is 4.22. The molecule has 1 amide bonds. The van der Waals surface area contributed by atoms with Crippen LogP contribution in [0, 0.1) is 13.8 Å². The van der Waals surface area contributed by atoms with Crippen LogP contribution in [0.1, 0.15) is 28.4 Å². The number of nitrogens with zero attached hydrogens (tertiary/aromatic N) is 3. The number of fused-ring (bicyclic) bond motifs is 1. The summed E-state index contributed by atoms with van der Waals surface area (Å²) in [5.41, 5.74) is 5.45. The summed E-state index contributed by atoms with van der Waals surface area (Å²) in [4.78, 5) is 16.6. The third-order valence-electron chi connectivity index (χ3n) is 5.20. The van der Waals surface area contributed by atoms with Gasteiger partial charge in [0.05, 0.1) is 12.8 Å². The average Bonchev–Trinajstić information content (AvgIpc) is 3.19. The second-order valence-electron chi connectivity index (χ2n) is 7.51. The van der Waals surface area contributed by atoms with Crippen molar-refractivity contribution in [2.24, 2.45) is 0 Å². The Balaban J connectivity index is 1.63. The SMILES string of the molecule is CCNC(=O)c1ccc(Nc2nc3ccc(-c4cc(C)c(O)c(C)c4)cn3n2)c(OC)c1. The number of carbonyl (C=O) groups excluding carboxylic acids is 1. The lowest BCUT2D eigenvalue weighted by molar-refractivity contribution is 0.0955. The number of anilines is 2. The Kier molecular flexibility index (Phi) is 5.68. The molecule has 0 saturated heterocycles. The minimum Gasteiger partial charge on any atom is -0.507 e. The number of pyridine rings is 1. The van der Waals surface area contributed by atoms with Gasteiger partial charge in [0.1, 0.15) is 11.5 Å². The van der Waals surface area contributed by atoms with Gasteiger partial charge in [-0.15, -0.1) is 5.10 Å². The lowest BCUT2D eigenvalue weighted by Gasteiger charge is -2.10. The van der Waals surface area contributed by atoms with Gasteiger partial charge in [0.25, 0.3) is 5.91 Å². The second kappa shape index (κ2) is 8.58. The molecule has 8 nitrogen and oxygen atoms in total.